The van der Waals surface area contributed by atoms with Gasteiger partial charge >= 0.3 is 5.97 Å². The third-order valence-corrected chi connectivity index (χ3v) is 1.37. The van der Waals surface area contributed by atoms with Crippen molar-refractivity contribution in [1.82, 2.24) is 0 Å². The Kier molecular flexibility index (Phi) is 6.96. The van der Waals surface area contributed by atoms with E-state index in [4.69, 9.17) is 9.94 Å². The molecule has 0 aliphatic heterocycles. The fraction of sp³-hybridized carbons (Fsp3) is 0.778. The molecule has 0 saturated heterocycles. The van der Waals surface area contributed by atoms with Crippen LogP contribution in [0, 0.1) is 0 Å². The molecule has 0 aromatic heterocycles. The molecule has 4 heteroatoms. The highest BCUT2D eigenvalue weighted by molar-refractivity contribution is 5.78. The van der Waals surface area contributed by atoms with E-state index in [0.29, 0.717) is 13.0 Å². The minimum atomic E-state index is -0.733. The minimum Gasteiger partial charge on any atom is -0.481 e. The molecule has 0 spiro atoms. The van der Waals surface area contributed by atoms with Gasteiger partial charge in [-0.2, -0.15) is 0 Å². The first kappa shape index (κ1) is 11.9. The second-order valence-electron chi connectivity index (χ2n) is 3.08. The van der Waals surface area contributed by atoms with Crippen LogP contribution >= 0.6 is 0 Å². The molecule has 0 saturated carbocycles. The average Bonchev–Trinajstić information content (AvgIpc) is 2.01. The van der Waals surface area contributed by atoms with Gasteiger partial charge in [-0.25, -0.2) is 0 Å². The number of oxime groups is 1. The zero-order chi connectivity index (χ0) is 10.1. The van der Waals surface area contributed by atoms with Crippen LogP contribution in [0.2, 0.25) is 0 Å². The van der Waals surface area contributed by atoms with Crippen molar-refractivity contribution in [2.24, 2.45) is 5.16 Å². The summed E-state index contributed by atoms with van der Waals surface area (Å²) in [7, 11) is 0. The summed E-state index contributed by atoms with van der Waals surface area (Å²) in [6, 6.07) is 0. The van der Waals surface area contributed by atoms with Gasteiger partial charge in [-0.3, -0.25) is 4.79 Å². The maximum atomic E-state index is 10.1. The van der Waals surface area contributed by atoms with Gasteiger partial charge in [0.2, 0.25) is 0 Å². The Labute approximate surface area is 78.6 Å². The van der Waals surface area contributed by atoms with Gasteiger partial charge in [-0.1, -0.05) is 5.16 Å². The van der Waals surface area contributed by atoms with Gasteiger partial charge in [0.1, 0.15) is 6.61 Å². The number of carboxylic acids is 1. The molecule has 4 nitrogen and oxygen atoms in total. The van der Waals surface area contributed by atoms with E-state index >= 15 is 0 Å². The van der Waals surface area contributed by atoms with Crippen LogP contribution in [0.3, 0.4) is 0 Å². The highest BCUT2D eigenvalue weighted by atomic mass is 16.6. The molecule has 0 aromatic rings. The van der Waals surface area contributed by atoms with Crippen LogP contribution in [0.15, 0.2) is 5.16 Å². The first-order valence-electron chi connectivity index (χ1n) is 4.48. The number of nitrogens with zero attached hydrogens (tertiary/aromatic N) is 1. The van der Waals surface area contributed by atoms with E-state index in [1.165, 1.54) is 0 Å². The van der Waals surface area contributed by atoms with E-state index in [1.54, 1.807) is 0 Å². The molecular formula is C9H17NO3. The van der Waals surface area contributed by atoms with Gasteiger partial charge in [0, 0.05) is 6.42 Å². The number of carboxylic acid groups (broad SMARTS) is 1. The van der Waals surface area contributed by atoms with Crippen LogP contribution < -0.4 is 0 Å². The summed E-state index contributed by atoms with van der Waals surface area (Å²) in [5.41, 5.74) is 0.894. The van der Waals surface area contributed by atoms with Crippen LogP contribution in [-0.4, -0.2) is 23.4 Å². The first-order valence-corrected chi connectivity index (χ1v) is 4.48. The molecule has 0 fully saturated rings. The lowest BCUT2D eigenvalue weighted by Gasteiger charge is -1.99. The Morgan fingerprint density at radius 3 is 2.54 bits per heavy atom. The van der Waals surface area contributed by atoms with E-state index < -0.39 is 5.97 Å². The maximum absolute atomic E-state index is 10.1. The molecule has 0 unspecified atom stereocenters. The summed E-state index contributed by atoms with van der Waals surface area (Å²) in [5, 5.41) is 12.1. The molecule has 0 aliphatic rings. The lowest BCUT2D eigenvalue weighted by Crippen LogP contribution is -1.95. The number of rotatable bonds is 7. The third-order valence-electron chi connectivity index (χ3n) is 1.37. The highest BCUT2D eigenvalue weighted by Gasteiger charge is 1.95. The van der Waals surface area contributed by atoms with Crippen molar-refractivity contribution >= 4 is 11.7 Å². The number of carbonyl (C=O) groups is 1. The fourth-order valence-electron chi connectivity index (χ4n) is 0.794. The monoisotopic (exact) mass is 187 g/mol. The quantitative estimate of drug-likeness (QED) is 0.377. The predicted octanol–water partition coefficient (Wildman–Crippen LogP) is 2.04. The SMILES string of the molecule is CC(C)=NOCCCCCC(=O)O. The average molecular weight is 187 g/mol. The van der Waals surface area contributed by atoms with Crippen LogP contribution in [0.25, 0.3) is 0 Å². The number of unbranched alkanes of at least 4 members (excludes halogenated alkanes) is 2. The Bertz CT molecular complexity index is 174. The lowest BCUT2D eigenvalue weighted by molar-refractivity contribution is -0.137. The number of aliphatic carboxylic acids is 1. The second-order valence-corrected chi connectivity index (χ2v) is 3.08. The molecule has 13 heavy (non-hydrogen) atoms. The van der Waals surface area contributed by atoms with Crippen LogP contribution in [0.5, 0.6) is 0 Å². The largest absolute Gasteiger partial charge is 0.481 e. The maximum Gasteiger partial charge on any atom is 0.303 e. The summed E-state index contributed by atoms with van der Waals surface area (Å²) in [5.74, 6) is -0.733. The number of hydrogen-bond acceptors (Lipinski definition) is 3. The van der Waals surface area contributed by atoms with E-state index in [-0.39, 0.29) is 6.42 Å². The summed E-state index contributed by atoms with van der Waals surface area (Å²) in [6.45, 7) is 4.31. The van der Waals surface area contributed by atoms with E-state index in [1.807, 2.05) is 13.8 Å². The van der Waals surface area contributed by atoms with Gasteiger partial charge in [-0.15, -0.1) is 0 Å². The Morgan fingerprint density at radius 2 is 2.00 bits per heavy atom. The molecule has 0 aliphatic carbocycles. The molecule has 0 aromatic carbocycles. The molecule has 0 heterocycles. The van der Waals surface area contributed by atoms with Crippen LogP contribution in [-0.2, 0) is 9.63 Å². The standard InChI is InChI=1S/C9H17NO3/c1-8(2)10-13-7-5-3-4-6-9(11)12/h3-7H2,1-2H3,(H,11,12). The summed E-state index contributed by atoms with van der Waals surface area (Å²) >= 11 is 0. The normalized spacial score (nSPS) is 9.38. The second kappa shape index (κ2) is 7.58. The highest BCUT2D eigenvalue weighted by Crippen LogP contribution is 2.00. The van der Waals surface area contributed by atoms with Crippen molar-refractivity contribution in [3.8, 4) is 0 Å². The molecule has 0 bridgehead atoms. The van der Waals surface area contributed by atoms with Crippen molar-refractivity contribution in [2.45, 2.75) is 39.5 Å². The van der Waals surface area contributed by atoms with Crippen molar-refractivity contribution in [3.05, 3.63) is 0 Å². The molecule has 0 amide bonds. The Hall–Kier alpha value is -1.06. The zero-order valence-electron chi connectivity index (χ0n) is 8.25. The smallest absolute Gasteiger partial charge is 0.303 e. The van der Waals surface area contributed by atoms with Gasteiger partial charge in [-0.05, 0) is 33.1 Å². The topological polar surface area (TPSA) is 58.9 Å². The van der Waals surface area contributed by atoms with Crippen LogP contribution in [0.1, 0.15) is 39.5 Å². The molecule has 1 N–H and O–H groups in total. The van der Waals surface area contributed by atoms with Gasteiger partial charge in [0.05, 0.1) is 5.71 Å². The molecule has 0 rings (SSSR count). The third kappa shape index (κ3) is 10.9. The molecule has 0 radical (unpaired) electrons. The minimum absolute atomic E-state index is 0.246. The Balaban J connectivity index is 3.09. The predicted molar refractivity (Wildman–Crippen MR) is 50.8 cm³/mol. The summed E-state index contributed by atoms with van der Waals surface area (Å²) in [6.07, 6.45) is 2.71. The number of hydrogen-bond donors (Lipinski definition) is 1. The molecule has 0 atom stereocenters. The van der Waals surface area contributed by atoms with Gasteiger partial charge in [0.25, 0.3) is 0 Å². The Morgan fingerprint density at radius 1 is 1.31 bits per heavy atom. The lowest BCUT2D eigenvalue weighted by atomic mass is 10.2. The summed E-state index contributed by atoms with van der Waals surface area (Å²) < 4.78 is 0. The van der Waals surface area contributed by atoms with Crippen molar-refractivity contribution in [2.75, 3.05) is 6.61 Å². The summed E-state index contributed by atoms with van der Waals surface area (Å²) in [4.78, 5) is 15.1. The molecular weight excluding hydrogens is 170 g/mol. The van der Waals surface area contributed by atoms with Crippen molar-refractivity contribution in [3.63, 3.8) is 0 Å². The fourth-order valence-corrected chi connectivity index (χ4v) is 0.794. The van der Waals surface area contributed by atoms with E-state index in [2.05, 4.69) is 5.16 Å². The zero-order valence-corrected chi connectivity index (χ0v) is 8.25. The first-order chi connectivity index (χ1) is 6.13. The van der Waals surface area contributed by atoms with Gasteiger partial charge in [0.15, 0.2) is 0 Å². The van der Waals surface area contributed by atoms with E-state index in [9.17, 15) is 4.79 Å². The van der Waals surface area contributed by atoms with Gasteiger partial charge < -0.3 is 9.94 Å². The van der Waals surface area contributed by atoms with Crippen molar-refractivity contribution < 1.29 is 14.7 Å². The van der Waals surface area contributed by atoms with Crippen molar-refractivity contribution in [1.29, 1.82) is 0 Å². The van der Waals surface area contributed by atoms with E-state index in [0.717, 1.165) is 18.6 Å². The van der Waals surface area contributed by atoms with Crippen LogP contribution in [0.4, 0.5) is 0 Å². The molecule has 76 valence electrons.